The van der Waals surface area contributed by atoms with E-state index in [2.05, 4.69) is 15.3 Å². The van der Waals surface area contributed by atoms with Crippen molar-refractivity contribution in [3.05, 3.63) is 70.4 Å². The van der Waals surface area contributed by atoms with E-state index in [1.165, 1.54) is 5.56 Å². The molecular formula is C20H22N4OS. The third-order valence-electron chi connectivity index (χ3n) is 3.99. The largest absolute Gasteiger partial charge is 0.378 e. The number of carbonyl (C=O) groups excluding carboxylic acids is 1. The fourth-order valence-electron chi connectivity index (χ4n) is 2.56. The van der Waals surface area contributed by atoms with Gasteiger partial charge in [-0.3, -0.25) is 9.78 Å². The van der Waals surface area contributed by atoms with Crippen LogP contribution >= 0.6 is 11.3 Å². The molecule has 0 aliphatic heterocycles. The Kier molecular flexibility index (Phi) is 5.96. The van der Waals surface area contributed by atoms with Crippen molar-refractivity contribution < 1.29 is 4.79 Å². The Morgan fingerprint density at radius 1 is 1.08 bits per heavy atom. The second kappa shape index (κ2) is 8.58. The van der Waals surface area contributed by atoms with Gasteiger partial charge < -0.3 is 10.2 Å². The maximum Gasteiger partial charge on any atom is 0.230 e. The monoisotopic (exact) mass is 366 g/mol. The Hall–Kier alpha value is -2.73. The second-order valence-electron chi connectivity index (χ2n) is 6.25. The fraction of sp³-hybridized carbons (Fsp3) is 0.250. The van der Waals surface area contributed by atoms with Crippen LogP contribution in [-0.4, -0.2) is 30.0 Å². The van der Waals surface area contributed by atoms with Gasteiger partial charge in [0.2, 0.25) is 5.91 Å². The highest BCUT2D eigenvalue weighted by atomic mass is 32.1. The van der Waals surface area contributed by atoms with Crippen molar-refractivity contribution in [1.29, 1.82) is 0 Å². The molecule has 0 unspecified atom stereocenters. The number of hydrogen-bond acceptors (Lipinski definition) is 5. The average molecular weight is 366 g/mol. The second-order valence-corrected chi connectivity index (χ2v) is 7.20. The standard InChI is InChI=1S/C20H22N4OS/c1-24(2)18-6-4-16(5-7-18)22-19(25)13-17-14-26-20(23-17)8-3-15-9-11-21-12-10-15/h4-7,9-12,14H,3,8,13H2,1-2H3,(H,22,25). The van der Waals surface area contributed by atoms with Gasteiger partial charge in [-0.1, -0.05) is 0 Å². The summed E-state index contributed by atoms with van der Waals surface area (Å²) in [5.41, 5.74) is 3.97. The number of thiazole rings is 1. The van der Waals surface area contributed by atoms with Gasteiger partial charge in [-0.15, -0.1) is 11.3 Å². The van der Waals surface area contributed by atoms with Crippen LogP contribution in [0.3, 0.4) is 0 Å². The molecule has 3 aromatic rings. The number of nitrogens with zero attached hydrogens (tertiary/aromatic N) is 3. The highest BCUT2D eigenvalue weighted by molar-refractivity contribution is 7.09. The van der Waals surface area contributed by atoms with Gasteiger partial charge in [0.25, 0.3) is 0 Å². The first-order chi connectivity index (χ1) is 12.6. The lowest BCUT2D eigenvalue weighted by Gasteiger charge is -2.12. The lowest BCUT2D eigenvalue weighted by atomic mass is 10.1. The molecule has 2 heterocycles. The topological polar surface area (TPSA) is 58.1 Å². The minimum atomic E-state index is -0.0476. The van der Waals surface area contributed by atoms with Gasteiger partial charge in [0.05, 0.1) is 17.1 Å². The number of rotatable bonds is 7. The molecule has 5 nitrogen and oxygen atoms in total. The minimum absolute atomic E-state index is 0.0476. The Bertz CT molecular complexity index is 844. The molecule has 6 heteroatoms. The van der Waals surface area contributed by atoms with Crippen LogP contribution in [0.4, 0.5) is 11.4 Å². The van der Waals surface area contributed by atoms with Crippen molar-refractivity contribution in [1.82, 2.24) is 9.97 Å². The van der Waals surface area contributed by atoms with E-state index >= 15 is 0 Å². The SMILES string of the molecule is CN(C)c1ccc(NC(=O)Cc2csc(CCc3ccncc3)n2)cc1. The van der Waals surface area contributed by atoms with Crippen molar-refractivity contribution in [3.63, 3.8) is 0 Å². The van der Waals surface area contributed by atoms with E-state index in [4.69, 9.17) is 0 Å². The quantitative estimate of drug-likeness (QED) is 0.694. The third kappa shape index (κ3) is 5.13. The molecule has 26 heavy (non-hydrogen) atoms. The molecule has 0 radical (unpaired) electrons. The molecule has 0 saturated heterocycles. The van der Waals surface area contributed by atoms with Crippen LogP contribution in [0.5, 0.6) is 0 Å². The average Bonchev–Trinajstić information content (AvgIpc) is 3.08. The van der Waals surface area contributed by atoms with E-state index in [-0.39, 0.29) is 5.91 Å². The number of benzene rings is 1. The highest BCUT2D eigenvalue weighted by Crippen LogP contribution is 2.17. The predicted molar refractivity (Wildman–Crippen MR) is 107 cm³/mol. The van der Waals surface area contributed by atoms with Gasteiger partial charge in [-0.05, 0) is 48.4 Å². The number of pyridine rings is 1. The predicted octanol–water partition coefficient (Wildman–Crippen LogP) is 3.57. The number of nitrogens with one attached hydrogen (secondary N) is 1. The van der Waals surface area contributed by atoms with Gasteiger partial charge in [0, 0.05) is 49.7 Å². The number of anilines is 2. The zero-order valence-electron chi connectivity index (χ0n) is 15.0. The number of aryl methyl sites for hydroxylation is 2. The summed E-state index contributed by atoms with van der Waals surface area (Å²) in [5.74, 6) is -0.0476. The van der Waals surface area contributed by atoms with Gasteiger partial charge in [-0.25, -0.2) is 4.98 Å². The van der Waals surface area contributed by atoms with Crippen LogP contribution in [0.15, 0.2) is 54.2 Å². The number of hydrogen-bond donors (Lipinski definition) is 1. The summed E-state index contributed by atoms with van der Waals surface area (Å²) >= 11 is 1.61. The Labute approximate surface area is 157 Å². The Morgan fingerprint density at radius 2 is 1.81 bits per heavy atom. The summed E-state index contributed by atoms with van der Waals surface area (Å²) in [6.07, 6.45) is 5.71. The lowest BCUT2D eigenvalue weighted by Crippen LogP contribution is -2.15. The molecule has 3 rings (SSSR count). The molecule has 0 fully saturated rings. The molecule has 0 bridgehead atoms. The number of aromatic nitrogens is 2. The molecule has 1 aromatic carbocycles. The molecule has 0 atom stereocenters. The number of carbonyl (C=O) groups is 1. The maximum atomic E-state index is 12.2. The summed E-state index contributed by atoms with van der Waals surface area (Å²) in [6, 6.07) is 11.8. The van der Waals surface area contributed by atoms with Crippen LogP contribution in [0.25, 0.3) is 0 Å². The zero-order valence-corrected chi connectivity index (χ0v) is 15.8. The van der Waals surface area contributed by atoms with Crippen molar-refractivity contribution in [3.8, 4) is 0 Å². The molecule has 0 spiro atoms. The maximum absolute atomic E-state index is 12.2. The molecular weight excluding hydrogens is 344 g/mol. The molecule has 2 aromatic heterocycles. The molecule has 134 valence electrons. The molecule has 0 aliphatic carbocycles. The van der Waals surface area contributed by atoms with Crippen LogP contribution < -0.4 is 10.2 Å². The first-order valence-electron chi connectivity index (χ1n) is 8.49. The van der Waals surface area contributed by atoms with E-state index in [9.17, 15) is 4.79 Å². The van der Waals surface area contributed by atoms with Gasteiger partial charge in [-0.2, -0.15) is 0 Å². The summed E-state index contributed by atoms with van der Waals surface area (Å²) in [4.78, 5) is 22.9. The normalized spacial score (nSPS) is 10.5. The van der Waals surface area contributed by atoms with Crippen molar-refractivity contribution >= 4 is 28.6 Å². The summed E-state index contributed by atoms with van der Waals surface area (Å²) in [7, 11) is 3.98. The smallest absolute Gasteiger partial charge is 0.230 e. The fourth-order valence-corrected chi connectivity index (χ4v) is 3.36. The first-order valence-corrected chi connectivity index (χ1v) is 9.37. The summed E-state index contributed by atoms with van der Waals surface area (Å²) in [6.45, 7) is 0. The number of amides is 1. The molecule has 1 amide bonds. The molecule has 0 saturated carbocycles. The summed E-state index contributed by atoms with van der Waals surface area (Å²) < 4.78 is 0. The zero-order chi connectivity index (χ0) is 18.4. The molecule has 1 N–H and O–H groups in total. The van der Waals surface area contributed by atoms with Gasteiger partial charge >= 0.3 is 0 Å². The van der Waals surface area contributed by atoms with Crippen molar-refractivity contribution in [2.75, 3.05) is 24.3 Å². The lowest BCUT2D eigenvalue weighted by molar-refractivity contribution is -0.115. The van der Waals surface area contributed by atoms with Crippen molar-refractivity contribution in [2.45, 2.75) is 19.3 Å². The van der Waals surface area contributed by atoms with Crippen molar-refractivity contribution in [2.24, 2.45) is 0 Å². The van der Waals surface area contributed by atoms with Crippen LogP contribution in [0.2, 0.25) is 0 Å². The third-order valence-corrected chi connectivity index (χ3v) is 4.94. The summed E-state index contributed by atoms with van der Waals surface area (Å²) in [5, 5.41) is 5.95. The highest BCUT2D eigenvalue weighted by Gasteiger charge is 2.09. The van der Waals surface area contributed by atoms with E-state index in [0.29, 0.717) is 6.42 Å². The van der Waals surface area contributed by atoms with E-state index in [1.807, 2.05) is 60.8 Å². The van der Waals surface area contributed by atoms with Gasteiger partial charge in [0.1, 0.15) is 0 Å². The molecule has 0 aliphatic rings. The Morgan fingerprint density at radius 3 is 2.50 bits per heavy atom. The van der Waals surface area contributed by atoms with Crippen LogP contribution in [0, 0.1) is 0 Å². The van der Waals surface area contributed by atoms with E-state index in [1.54, 1.807) is 23.7 Å². The van der Waals surface area contributed by atoms with E-state index < -0.39 is 0 Å². The van der Waals surface area contributed by atoms with Gasteiger partial charge in [0.15, 0.2) is 0 Å². The Balaban J connectivity index is 1.51. The minimum Gasteiger partial charge on any atom is -0.378 e. The first kappa shape index (κ1) is 18.1. The van der Waals surface area contributed by atoms with E-state index in [0.717, 1.165) is 34.9 Å². The van der Waals surface area contributed by atoms with Crippen LogP contribution in [-0.2, 0) is 24.1 Å². The van der Waals surface area contributed by atoms with Crippen LogP contribution in [0.1, 0.15) is 16.3 Å².